The maximum Gasteiger partial charge on any atom is 0.0459 e. The monoisotopic (exact) mass is 351 g/mol. The van der Waals surface area contributed by atoms with E-state index in [1.807, 2.05) is 11.8 Å². The second-order valence-electron chi connectivity index (χ2n) is 6.81. The van der Waals surface area contributed by atoms with Gasteiger partial charge in [-0.25, -0.2) is 0 Å². The van der Waals surface area contributed by atoms with Crippen LogP contribution in [-0.2, 0) is 12.3 Å². The summed E-state index contributed by atoms with van der Waals surface area (Å²) in [4.78, 5) is 10.0. The lowest BCUT2D eigenvalue weighted by Crippen LogP contribution is -2.43. The molecule has 3 nitrogen and oxygen atoms in total. The second-order valence-corrected chi connectivity index (χ2v) is 7.86. The van der Waals surface area contributed by atoms with Crippen LogP contribution in [0.4, 0.5) is 0 Å². The molecule has 1 aliphatic rings. The van der Waals surface area contributed by atoms with Gasteiger partial charge in [-0.15, -0.1) is 11.8 Å². The first-order chi connectivity index (χ1) is 12.3. The number of piperazine rings is 1. The van der Waals surface area contributed by atoms with Crippen LogP contribution in [0.15, 0.2) is 59.5 Å². The third kappa shape index (κ3) is 3.92. The summed E-state index contributed by atoms with van der Waals surface area (Å²) in [5.41, 5.74) is 4.10. The van der Waals surface area contributed by atoms with Crippen molar-refractivity contribution in [2.24, 2.45) is 0 Å². The zero-order valence-corrected chi connectivity index (χ0v) is 15.6. The van der Waals surface area contributed by atoms with Crippen molar-refractivity contribution in [3.8, 4) is 0 Å². The highest BCUT2D eigenvalue weighted by Gasteiger charge is 2.18. The molecule has 0 bridgehead atoms. The summed E-state index contributed by atoms with van der Waals surface area (Å²) in [7, 11) is 2.21. The van der Waals surface area contributed by atoms with Gasteiger partial charge in [0.15, 0.2) is 0 Å². The van der Waals surface area contributed by atoms with Gasteiger partial charge in [-0.1, -0.05) is 36.4 Å². The average Bonchev–Trinajstić information content (AvgIpc) is 3.00. The molecule has 1 aromatic heterocycles. The van der Waals surface area contributed by atoms with E-state index in [2.05, 4.69) is 76.4 Å². The molecular weight excluding hydrogens is 326 g/mol. The minimum absolute atomic E-state index is 0.988. The fourth-order valence-electron chi connectivity index (χ4n) is 3.46. The Labute approximate surface area is 154 Å². The standard InChI is InChI=1S/C21H25N3S/c1-23-11-13-24(14-12-23)15-19-18-9-5-6-10-20(18)22-21(19)16-25-17-7-3-2-4-8-17/h2-10,22H,11-16H2,1H3. The Morgan fingerprint density at radius 1 is 0.920 bits per heavy atom. The van der Waals surface area contributed by atoms with E-state index in [4.69, 9.17) is 0 Å². The molecule has 4 heteroatoms. The molecule has 130 valence electrons. The van der Waals surface area contributed by atoms with Gasteiger partial charge in [0, 0.05) is 60.0 Å². The molecule has 1 N–H and O–H groups in total. The molecule has 0 atom stereocenters. The number of aromatic nitrogens is 1. The van der Waals surface area contributed by atoms with E-state index in [0.29, 0.717) is 0 Å². The predicted molar refractivity (Wildman–Crippen MR) is 107 cm³/mol. The quantitative estimate of drug-likeness (QED) is 0.696. The first kappa shape index (κ1) is 16.7. The first-order valence-electron chi connectivity index (χ1n) is 8.97. The summed E-state index contributed by atoms with van der Waals surface area (Å²) in [6, 6.07) is 19.4. The summed E-state index contributed by atoms with van der Waals surface area (Å²) in [6.07, 6.45) is 0. The van der Waals surface area contributed by atoms with E-state index in [0.717, 1.165) is 38.5 Å². The van der Waals surface area contributed by atoms with Crippen LogP contribution >= 0.6 is 11.8 Å². The highest BCUT2D eigenvalue weighted by atomic mass is 32.2. The number of para-hydroxylation sites is 1. The molecule has 25 heavy (non-hydrogen) atoms. The average molecular weight is 352 g/mol. The van der Waals surface area contributed by atoms with Crippen molar-refractivity contribution in [2.75, 3.05) is 33.2 Å². The van der Waals surface area contributed by atoms with Crippen molar-refractivity contribution >= 4 is 22.7 Å². The minimum Gasteiger partial charge on any atom is -0.357 e. The lowest BCUT2D eigenvalue weighted by atomic mass is 10.1. The predicted octanol–water partition coefficient (Wildman–Crippen LogP) is 4.21. The number of nitrogens with one attached hydrogen (secondary N) is 1. The van der Waals surface area contributed by atoms with Crippen molar-refractivity contribution < 1.29 is 0 Å². The molecular formula is C21H25N3S. The molecule has 0 radical (unpaired) electrons. The van der Waals surface area contributed by atoms with E-state index in [1.54, 1.807) is 0 Å². The van der Waals surface area contributed by atoms with Gasteiger partial charge >= 0.3 is 0 Å². The number of benzene rings is 2. The van der Waals surface area contributed by atoms with Gasteiger partial charge in [0.1, 0.15) is 0 Å². The SMILES string of the molecule is CN1CCN(Cc2c(CSc3ccccc3)[nH]c3ccccc23)CC1. The minimum atomic E-state index is 0.988. The molecule has 0 saturated carbocycles. The fourth-order valence-corrected chi connectivity index (χ4v) is 4.37. The molecule has 2 aromatic carbocycles. The van der Waals surface area contributed by atoms with E-state index < -0.39 is 0 Å². The van der Waals surface area contributed by atoms with Crippen LogP contribution in [0.2, 0.25) is 0 Å². The summed E-state index contributed by atoms with van der Waals surface area (Å²) in [5.74, 6) is 0.988. The molecule has 1 saturated heterocycles. The summed E-state index contributed by atoms with van der Waals surface area (Å²) in [5, 5.41) is 1.38. The van der Waals surface area contributed by atoms with Gasteiger partial charge in [0.2, 0.25) is 0 Å². The number of hydrogen-bond donors (Lipinski definition) is 1. The van der Waals surface area contributed by atoms with E-state index >= 15 is 0 Å². The number of thioether (sulfide) groups is 1. The molecule has 4 rings (SSSR count). The molecule has 2 heterocycles. The Hall–Kier alpha value is -1.75. The van der Waals surface area contributed by atoms with Gasteiger partial charge in [-0.3, -0.25) is 4.90 Å². The number of nitrogens with zero attached hydrogens (tertiary/aromatic N) is 2. The van der Waals surface area contributed by atoms with Crippen LogP contribution in [0.25, 0.3) is 10.9 Å². The Bertz CT molecular complexity index is 820. The normalized spacial score (nSPS) is 16.5. The number of fused-ring (bicyclic) bond motifs is 1. The molecule has 0 amide bonds. The topological polar surface area (TPSA) is 22.3 Å². The maximum atomic E-state index is 3.67. The van der Waals surface area contributed by atoms with Gasteiger partial charge in [-0.2, -0.15) is 0 Å². The highest BCUT2D eigenvalue weighted by Crippen LogP contribution is 2.29. The van der Waals surface area contributed by atoms with Gasteiger partial charge in [-0.05, 0) is 30.8 Å². The molecule has 0 aliphatic carbocycles. The number of rotatable bonds is 5. The largest absolute Gasteiger partial charge is 0.357 e. The molecule has 0 unspecified atom stereocenters. The van der Waals surface area contributed by atoms with Crippen LogP contribution in [0.3, 0.4) is 0 Å². The third-order valence-corrected chi connectivity index (χ3v) is 6.04. The lowest BCUT2D eigenvalue weighted by Gasteiger charge is -2.32. The van der Waals surface area contributed by atoms with Crippen molar-refractivity contribution in [2.45, 2.75) is 17.2 Å². The van der Waals surface area contributed by atoms with E-state index in [1.165, 1.54) is 27.1 Å². The highest BCUT2D eigenvalue weighted by molar-refractivity contribution is 7.98. The summed E-state index contributed by atoms with van der Waals surface area (Å²) >= 11 is 1.91. The Kier molecular flexibility index (Phi) is 5.11. The lowest BCUT2D eigenvalue weighted by molar-refractivity contribution is 0.148. The van der Waals surface area contributed by atoms with Crippen molar-refractivity contribution in [3.63, 3.8) is 0 Å². The van der Waals surface area contributed by atoms with Crippen LogP contribution in [-0.4, -0.2) is 48.0 Å². The van der Waals surface area contributed by atoms with Crippen molar-refractivity contribution in [1.29, 1.82) is 0 Å². The zero-order chi connectivity index (χ0) is 17.1. The fraction of sp³-hybridized carbons (Fsp3) is 0.333. The van der Waals surface area contributed by atoms with E-state index in [9.17, 15) is 0 Å². The van der Waals surface area contributed by atoms with Crippen LogP contribution in [0.1, 0.15) is 11.3 Å². The number of aromatic amines is 1. The second kappa shape index (κ2) is 7.65. The first-order valence-corrected chi connectivity index (χ1v) is 9.95. The number of likely N-dealkylation sites (N-methyl/N-ethyl adjacent to an activating group) is 1. The Morgan fingerprint density at radius 3 is 2.44 bits per heavy atom. The Morgan fingerprint density at radius 2 is 1.64 bits per heavy atom. The molecule has 0 spiro atoms. The summed E-state index contributed by atoms with van der Waals surface area (Å²) in [6.45, 7) is 5.68. The van der Waals surface area contributed by atoms with Gasteiger partial charge in [0.05, 0.1) is 0 Å². The molecule has 1 fully saturated rings. The Balaban J connectivity index is 1.57. The zero-order valence-electron chi connectivity index (χ0n) is 14.7. The van der Waals surface area contributed by atoms with Gasteiger partial charge < -0.3 is 9.88 Å². The van der Waals surface area contributed by atoms with Crippen LogP contribution < -0.4 is 0 Å². The summed E-state index contributed by atoms with van der Waals surface area (Å²) < 4.78 is 0. The van der Waals surface area contributed by atoms with Crippen molar-refractivity contribution in [3.05, 3.63) is 65.9 Å². The number of hydrogen-bond acceptors (Lipinski definition) is 3. The van der Waals surface area contributed by atoms with Crippen LogP contribution in [0.5, 0.6) is 0 Å². The maximum absolute atomic E-state index is 3.67. The molecule has 1 aliphatic heterocycles. The van der Waals surface area contributed by atoms with E-state index in [-0.39, 0.29) is 0 Å². The van der Waals surface area contributed by atoms with Crippen LogP contribution in [0, 0.1) is 0 Å². The van der Waals surface area contributed by atoms with Crippen molar-refractivity contribution in [1.82, 2.24) is 14.8 Å². The smallest absolute Gasteiger partial charge is 0.0459 e. The molecule has 3 aromatic rings. The third-order valence-electron chi connectivity index (χ3n) is 5.01. The number of H-pyrrole nitrogens is 1. The van der Waals surface area contributed by atoms with Gasteiger partial charge in [0.25, 0.3) is 0 Å².